The van der Waals surface area contributed by atoms with Crippen molar-refractivity contribution in [2.24, 2.45) is 0 Å². The van der Waals surface area contributed by atoms with Crippen molar-refractivity contribution in [3.05, 3.63) is 48.0 Å². The summed E-state index contributed by atoms with van der Waals surface area (Å²) < 4.78 is 38.0. The van der Waals surface area contributed by atoms with Crippen LogP contribution in [-0.4, -0.2) is 64.1 Å². The molecule has 1 N–H and O–H groups in total. The van der Waals surface area contributed by atoms with Crippen molar-refractivity contribution < 1.29 is 22.7 Å². The number of sulfonamides is 1. The summed E-state index contributed by atoms with van der Waals surface area (Å²) in [4.78, 5) is 14.2. The fraction of sp³-hybridized carbons (Fsp3) is 0.350. The van der Waals surface area contributed by atoms with E-state index in [1.165, 1.54) is 24.6 Å². The highest BCUT2D eigenvalue weighted by Gasteiger charge is 2.32. The van der Waals surface area contributed by atoms with Gasteiger partial charge in [-0.25, -0.2) is 13.2 Å². The lowest BCUT2D eigenvalue weighted by Crippen LogP contribution is -2.51. The quantitative estimate of drug-likeness (QED) is 0.805. The van der Waals surface area contributed by atoms with Gasteiger partial charge in [-0.3, -0.25) is 0 Å². The zero-order valence-corrected chi connectivity index (χ0v) is 17.5. The van der Waals surface area contributed by atoms with E-state index >= 15 is 0 Å². The minimum absolute atomic E-state index is 0.0528. The number of hydrogen-bond donors (Lipinski definition) is 1. The van der Waals surface area contributed by atoms with Crippen molar-refractivity contribution in [1.29, 1.82) is 0 Å². The number of piperazine rings is 1. The van der Waals surface area contributed by atoms with Crippen LogP contribution >= 0.6 is 0 Å². The molecule has 2 aromatic rings. The van der Waals surface area contributed by atoms with Gasteiger partial charge in [-0.2, -0.15) is 4.31 Å². The van der Waals surface area contributed by atoms with Gasteiger partial charge in [-0.15, -0.1) is 0 Å². The number of nitrogens with one attached hydrogen (secondary N) is 1. The summed E-state index contributed by atoms with van der Waals surface area (Å²) >= 11 is 0. The SMILES string of the molecule is COc1ccc(OC)c(S(=O)(=O)N2CCN(C(=O)Nc3cccc(C)c3)CC2)c1. The van der Waals surface area contributed by atoms with E-state index in [1.54, 1.807) is 17.0 Å². The summed E-state index contributed by atoms with van der Waals surface area (Å²) in [6.45, 7) is 2.94. The first kappa shape index (κ1) is 20.9. The molecule has 0 aromatic heterocycles. The molecule has 0 bridgehead atoms. The Balaban J connectivity index is 1.69. The van der Waals surface area contributed by atoms with E-state index < -0.39 is 10.0 Å². The minimum atomic E-state index is -3.78. The first-order chi connectivity index (χ1) is 13.8. The largest absolute Gasteiger partial charge is 0.497 e. The molecule has 8 nitrogen and oxygen atoms in total. The molecule has 0 spiro atoms. The molecule has 1 aliphatic heterocycles. The number of benzene rings is 2. The van der Waals surface area contributed by atoms with Gasteiger partial charge in [0.25, 0.3) is 0 Å². The van der Waals surface area contributed by atoms with Crippen molar-refractivity contribution in [2.75, 3.05) is 45.7 Å². The second kappa shape index (κ2) is 8.71. The Kier molecular flexibility index (Phi) is 6.29. The Morgan fingerprint density at radius 1 is 1.00 bits per heavy atom. The first-order valence-electron chi connectivity index (χ1n) is 9.20. The van der Waals surface area contributed by atoms with Crippen LogP contribution in [0.2, 0.25) is 0 Å². The Bertz CT molecular complexity index is 985. The van der Waals surface area contributed by atoms with Gasteiger partial charge in [0, 0.05) is 37.9 Å². The molecular weight excluding hydrogens is 394 g/mol. The Hall–Kier alpha value is -2.78. The zero-order chi connectivity index (χ0) is 21.0. The molecule has 2 amide bonds. The van der Waals surface area contributed by atoms with Crippen molar-refractivity contribution in [1.82, 2.24) is 9.21 Å². The van der Waals surface area contributed by atoms with Crippen LogP contribution in [0.1, 0.15) is 5.56 Å². The van der Waals surface area contributed by atoms with E-state index in [9.17, 15) is 13.2 Å². The predicted octanol–water partition coefficient (Wildman–Crippen LogP) is 2.55. The highest BCUT2D eigenvalue weighted by Crippen LogP contribution is 2.31. The maximum absolute atomic E-state index is 13.1. The number of hydrogen-bond acceptors (Lipinski definition) is 5. The summed E-state index contributed by atoms with van der Waals surface area (Å²) in [7, 11) is -0.880. The summed E-state index contributed by atoms with van der Waals surface area (Å²) in [5.74, 6) is 0.686. The van der Waals surface area contributed by atoms with Crippen LogP contribution in [0.3, 0.4) is 0 Å². The number of aryl methyl sites for hydroxylation is 1. The van der Waals surface area contributed by atoms with Crippen molar-refractivity contribution >= 4 is 21.7 Å². The van der Waals surface area contributed by atoms with E-state index in [0.29, 0.717) is 24.5 Å². The highest BCUT2D eigenvalue weighted by atomic mass is 32.2. The number of urea groups is 1. The summed E-state index contributed by atoms with van der Waals surface area (Å²) in [5, 5.41) is 2.85. The third kappa shape index (κ3) is 4.63. The van der Waals surface area contributed by atoms with Crippen LogP contribution in [0.15, 0.2) is 47.4 Å². The normalized spacial score (nSPS) is 15.1. The molecule has 1 saturated heterocycles. The monoisotopic (exact) mass is 419 g/mol. The van der Waals surface area contributed by atoms with Crippen LogP contribution in [0, 0.1) is 6.92 Å². The number of carbonyl (C=O) groups excluding carboxylic acids is 1. The van der Waals surface area contributed by atoms with Crippen LogP contribution in [0.5, 0.6) is 11.5 Å². The number of amides is 2. The maximum atomic E-state index is 13.1. The molecule has 1 aliphatic rings. The van der Waals surface area contributed by atoms with Crippen molar-refractivity contribution in [2.45, 2.75) is 11.8 Å². The number of ether oxygens (including phenoxy) is 2. The molecule has 1 fully saturated rings. The third-order valence-electron chi connectivity index (χ3n) is 4.78. The smallest absolute Gasteiger partial charge is 0.321 e. The van der Waals surface area contributed by atoms with Gasteiger partial charge < -0.3 is 19.7 Å². The molecule has 9 heteroatoms. The van der Waals surface area contributed by atoms with Gasteiger partial charge in [-0.05, 0) is 36.8 Å². The number of carbonyl (C=O) groups is 1. The molecule has 1 heterocycles. The second-order valence-electron chi connectivity index (χ2n) is 6.71. The lowest BCUT2D eigenvalue weighted by atomic mass is 10.2. The number of anilines is 1. The molecule has 0 unspecified atom stereocenters. The minimum Gasteiger partial charge on any atom is -0.497 e. The number of methoxy groups -OCH3 is 2. The van der Waals surface area contributed by atoms with Crippen LogP contribution in [-0.2, 0) is 10.0 Å². The topological polar surface area (TPSA) is 88.2 Å². The van der Waals surface area contributed by atoms with Gasteiger partial charge >= 0.3 is 6.03 Å². The average Bonchev–Trinajstić information content (AvgIpc) is 2.73. The molecule has 156 valence electrons. The zero-order valence-electron chi connectivity index (χ0n) is 16.7. The number of rotatable bonds is 5. The van der Waals surface area contributed by atoms with E-state index in [-0.39, 0.29) is 29.8 Å². The molecular formula is C20H25N3O5S. The van der Waals surface area contributed by atoms with E-state index in [0.717, 1.165) is 5.56 Å². The molecule has 0 radical (unpaired) electrons. The van der Waals surface area contributed by atoms with Gasteiger partial charge in [0.1, 0.15) is 16.4 Å². The van der Waals surface area contributed by atoms with Gasteiger partial charge in [0.15, 0.2) is 0 Å². The Labute approximate surface area is 171 Å². The molecule has 0 saturated carbocycles. The van der Waals surface area contributed by atoms with Crippen LogP contribution in [0.25, 0.3) is 0 Å². The fourth-order valence-electron chi connectivity index (χ4n) is 3.18. The molecule has 0 aliphatic carbocycles. The van der Waals surface area contributed by atoms with E-state index in [1.807, 2.05) is 31.2 Å². The highest BCUT2D eigenvalue weighted by molar-refractivity contribution is 7.89. The fourth-order valence-corrected chi connectivity index (χ4v) is 4.77. The van der Waals surface area contributed by atoms with Crippen LogP contribution in [0.4, 0.5) is 10.5 Å². The average molecular weight is 420 g/mol. The molecule has 29 heavy (non-hydrogen) atoms. The number of nitrogens with zero attached hydrogens (tertiary/aromatic N) is 2. The maximum Gasteiger partial charge on any atom is 0.321 e. The van der Waals surface area contributed by atoms with Crippen molar-refractivity contribution in [3.63, 3.8) is 0 Å². The van der Waals surface area contributed by atoms with E-state index in [2.05, 4.69) is 5.32 Å². The Morgan fingerprint density at radius 3 is 2.34 bits per heavy atom. The second-order valence-corrected chi connectivity index (χ2v) is 8.61. The Morgan fingerprint density at radius 2 is 1.72 bits per heavy atom. The summed E-state index contributed by atoms with van der Waals surface area (Å²) in [6.07, 6.45) is 0. The summed E-state index contributed by atoms with van der Waals surface area (Å²) in [5.41, 5.74) is 1.76. The van der Waals surface area contributed by atoms with Crippen molar-refractivity contribution in [3.8, 4) is 11.5 Å². The van der Waals surface area contributed by atoms with Gasteiger partial charge in [0.2, 0.25) is 10.0 Å². The molecule has 3 rings (SSSR count). The summed E-state index contributed by atoms with van der Waals surface area (Å²) in [6, 6.07) is 11.9. The van der Waals surface area contributed by atoms with Gasteiger partial charge in [0.05, 0.1) is 14.2 Å². The van der Waals surface area contributed by atoms with Gasteiger partial charge in [-0.1, -0.05) is 12.1 Å². The lowest BCUT2D eigenvalue weighted by molar-refractivity contribution is 0.184. The molecule has 2 aromatic carbocycles. The standard InChI is InChI=1S/C20H25N3O5S/c1-15-5-4-6-16(13-15)21-20(24)22-9-11-23(12-10-22)29(25,26)19-14-17(27-2)7-8-18(19)28-3/h4-8,13-14H,9-12H2,1-3H3,(H,21,24). The first-order valence-corrected chi connectivity index (χ1v) is 10.6. The third-order valence-corrected chi connectivity index (χ3v) is 6.70. The van der Waals surface area contributed by atoms with E-state index in [4.69, 9.17) is 9.47 Å². The van der Waals surface area contributed by atoms with Crippen LogP contribution < -0.4 is 14.8 Å². The lowest BCUT2D eigenvalue weighted by Gasteiger charge is -2.34. The predicted molar refractivity (Wildman–Crippen MR) is 110 cm³/mol. The molecule has 0 atom stereocenters.